The van der Waals surface area contributed by atoms with Crippen LogP contribution in [0.3, 0.4) is 0 Å². The van der Waals surface area contributed by atoms with E-state index in [-0.39, 0.29) is 5.92 Å². The highest BCUT2D eigenvalue weighted by molar-refractivity contribution is 5.54. The Morgan fingerprint density at radius 3 is 2.64 bits per heavy atom. The predicted molar refractivity (Wildman–Crippen MR) is 80.1 cm³/mol. The molecule has 2 atom stereocenters. The van der Waals surface area contributed by atoms with Gasteiger partial charge < -0.3 is 4.90 Å². The fraction of sp³-hybridized carbons (Fsp3) is 0.688. The maximum Gasteiger partial charge on any atom is 0.417 e. The number of anilines is 1. The van der Waals surface area contributed by atoms with E-state index in [1.165, 1.54) is 6.07 Å². The maximum atomic E-state index is 12.9. The van der Waals surface area contributed by atoms with Crippen molar-refractivity contribution in [3.05, 3.63) is 23.4 Å². The number of halogens is 3. The molecule has 0 bridgehead atoms. The fourth-order valence-electron chi connectivity index (χ4n) is 3.60. The lowest BCUT2D eigenvalue weighted by molar-refractivity contribution is -0.137. The first-order valence-electron chi connectivity index (χ1n) is 7.85. The number of aromatic nitrogens is 1. The molecular weight excluding hydrogens is 291 g/mol. The fourth-order valence-corrected chi connectivity index (χ4v) is 3.60. The third kappa shape index (κ3) is 2.69. The molecule has 6 heteroatoms. The minimum atomic E-state index is -4.32. The normalized spacial score (nSPS) is 26.0. The Labute approximate surface area is 129 Å². The van der Waals surface area contributed by atoms with Crippen molar-refractivity contribution in [2.45, 2.75) is 51.4 Å². The van der Waals surface area contributed by atoms with E-state index in [4.69, 9.17) is 0 Å². The summed E-state index contributed by atoms with van der Waals surface area (Å²) in [6.07, 6.45) is -2.46. The van der Waals surface area contributed by atoms with Crippen LogP contribution in [0.15, 0.2) is 12.3 Å². The zero-order chi connectivity index (χ0) is 16.1. The van der Waals surface area contributed by atoms with E-state index in [9.17, 15) is 13.2 Å². The summed E-state index contributed by atoms with van der Waals surface area (Å²) in [5.74, 6) is 0.860. The lowest BCUT2D eigenvalue weighted by Crippen LogP contribution is -2.57. The van der Waals surface area contributed by atoms with Crippen molar-refractivity contribution in [3.8, 4) is 0 Å². The van der Waals surface area contributed by atoms with Crippen molar-refractivity contribution in [2.24, 2.45) is 0 Å². The van der Waals surface area contributed by atoms with Crippen LogP contribution in [-0.4, -0.2) is 41.6 Å². The average molecular weight is 313 g/mol. The van der Waals surface area contributed by atoms with Crippen molar-refractivity contribution in [2.75, 3.05) is 24.5 Å². The topological polar surface area (TPSA) is 19.4 Å². The summed E-state index contributed by atoms with van der Waals surface area (Å²) < 4.78 is 38.7. The van der Waals surface area contributed by atoms with Crippen molar-refractivity contribution in [1.29, 1.82) is 0 Å². The largest absolute Gasteiger partial charge is 0.417 e. The third-order valence-electron chi connectivity index (χ3n) is 4.90. The number of hydrogen-bond donors (Lipinski definition) is 0. The molecule has 0 spiro atoms. The number of nitrogens with zero attached hydrogens (tertiary/aromatic N) is 3. The Hall–Kier alpha value is -1.30. The summed E-state index contributed by atoms with van der Waals surface area (Å²) in [6, 6.07) is 2.14. The van der Waals surface area contributed by atoms with Crippen LogP contribution in [0.5, 0.6) is 0 Å². The molecule has 122 valence electrons. The molecule has 1 fully saturated rings. The van der Waals surface area contributed by atoms with E-state index < -0.39 is 11.7 Å². The van der Waals surface area contributed by atoms with Crippen LogP contribution in [0.25, 0.3) is 0 Å². The quantitative estimate of drug-likeness (QED) is 0.791. The van der Waals surface area contributed by atoms with E-state index in [1.54, 1.807) is 0 Å². The maximum absolute atomic E-state index is 12.9. The van der Waals surface area contributed by atoms with Gasteiger partial charge in [0.1, 0.15) is 5.82 Å². The van der Waals surface area contributed by atoms with Gasteiger partial charge in [0.25, 0.3) is 0 Å². The molecule has 3 nitrogen and oxygen atoms in total. The number of hydrogen-bond acceptors (Lipinski definition) is 3. The molecule has 22 heavy (non-hydrogen) atoms. The molecule has 1 aromatic heterocycles. The highest BCUT2D eigenvalue weighted by atomic mass is 19.4. The SMILES string of the molecule is CC(C)N1CCN2c3ncc(C(F)(F)F)cc3[C@H](C)C[C@@H]2C1. The number of alkyl halides is 3. The van der Waals surface area contributed by atoms with Gasteiger partial charge in [-0.1, -0.05) is 6.92 Å². The molecule has 0 unspecified atom stereocenters. The zero-order valence-electron chi connectivity index (χ0n) is 13.2. The molecule has 3 heterocycles. The van der Waals surface area contributed by atoms with E-state index in [1.807, 2.05) is 6.92 Å². The molecule has 0 amide bonds. The van der Waals surface area contributed by atoms with Crippen LogP contribution in [0, 0.1) is 0 Å². The molecule has 2 aliphatic rings. The van der Waals surface area contributed by atoms with E-state index in [2.05, 4.69) is 28.6 Å². The van der Waals surface area contributed by atoms with Crippen molar-refractivity contribution in [3.63, 3.8) is 0 Å². The second-order valence-electron chi connectivity index (χ2n) is 6.71. The van der Waals surface area contributed by atoms with Crippen LogP contribution < -0.4 is 4.90 Å². The lowest BCUT2D eigenvalue weighted by Gasteiger charge is -2.48. The molecule has 0 aromatic carbocycles. The highest BCUT2D eigenvalue weighted by Crippen LogP contribution is 2.41. The van der Waals surface area contributed by atoms with Gasteiger partial charge in [0.05, 0.1) is 5.56 Å². The van der Waals surface area contributed by atoms with Gasteiger partial charge in [-0.15, -0.1) is 0 Å². The Kier molecular flexibility index (Phi) is 3.83. The van der Waals surface area contributed by atoms with Gasteiger partial charge in [-0.3, -0.25) is 4.90 Å². The monoisotopic (exact) mass is 313 g/mol. The van der Waals surface area contributed by atoms with E-state index in [0.717, 1.165) is 43.6 Å². The first-order chi connectivity index (χ1) is 10.3. The minimum Gasteiger partial charge on any atom is -0.351 e. The zero-order valence-corrected chi connectivity index (χ0v) is 13.2. The van der Waals surface area contributed by atoms with Gasteiger partial charge in [-0.05, 0) is 37.8 Å². The molecule has 0 aliphatic carbocycles. The Bertz CT molecular complexity index is 556. The number of pyridine rings is 1. The molecule has 0 saturated carbocycles. The first kappa shape index (κ1) is 15.6. The van der Waals surface area contributed by atoms with E-state index >= 15 is 0 Å². The van der Waals surface area contributed by atoms with Gasteiger partial charge in [0, 0.05) is 37.9 Å². The van der Waals surface area contributed by atoms with Crippen LogP contribution in [0.2, 0.25) is 0 Å². The molecule has 1 aromatic rings. The predicted octanol–water partition coefficient (Wildman–Crippen LogP) is 3.51. The Morgan fingerprint density at radius 1 is 1.27 bits per heavy atom. The molecule has 1 saturated heterocycles. The third-order valence-corrected chi connectivity index (χ3v) is 4.90. The molecule has 0 radical (unpaired) electrons. The first-order valence-corrected chi connectivity index (χ1v) is 7.85. The van der Waals surface area contributed by atoms with Gasteiger partial charge in [0.2, 0.25) is 0 Å². The molecular formula is C16H22F3N3. The van der Waals surface area contributed by atoms with Crippen LogP contribution in [0.4, 0.5) is 19.0 Å². The lowest BCUT2D eigenvalue weighted by atomic mass is 9.86. The summed E-state index contributed by atoms with van der Waals surface area (Å²) >= 11 is 0. The second kappa shape index (κ2) is 5.41. The number of fused-ring (bicyclic) bond motifs is 3. The Balaban J connectivity index is 1.91. The summed E-state index contributed by atoms with van der Waals surface area (Å²) in [5, 5.41) is 0. The summed E-state index contributed by atoms with van der Waals surface area (Å²) in [6.45, 7) is 9.11. The van der Waals surface area contributed by atoms with Crippen molar-refractivity contribution in [1.82, 2.24) is 9.88 Å². The van der Waals surface area contributed by atoms with E-state index in [0.29, 0.717) is 12.1 Å². The summed E-state index contributed by atoms with van der Waals surface area (Å²) in [7, 11) is 0. The van der Waals surface area contributed by atoms with Gasteiger partial charge >= 0.3 is 6.18 Å². The average Bonchev–Trinajstić information content (AvgIpc) is 2.45. The summed E-state index contributed by atoms with van der Waals surface area (Å²) in [5.41, 5.74) is 0.0986. The number of piperazine rings is 1. The van der Waals surface area contributed by atoms with Gasteiger partial charge in [-0.25, -0.2) is 4.98 Å². The molecule has 3 rings (SSSR count). The second-order valence-corrected chi connectivity index (χ2v) is 6.71. The van der Waals surface area contributed by atoms with Crippen LogP contribution >= 0.6 is 0 Å². The Morgan fingerprint density at radius 2 is 2.00 bits per heavy atom. The van der Waals surface area contributed by atoms with Crippen LogP contribution in [0.1, 0.15) is 44.2 Å². The molecule has 2 aliphatic heterocycles. The van der Waals surface area contributed by atoms with Gasteiger partial charge in [0.15, 0.2) is 0 Å². The smallest absolute Gasteiger partial charge is 0.351 e. The standard InChI is InChI=1S/C16H22F3N3/c1-10(2)21-4-5-22-13(9-21)6-11(3)14-7-12(16(17,18)19)8-20-15(14)22/h7-8,10-11,13H,4-6,9H2,1-3H3/t11-,13-/m1/s1. The molecule has 0 N–H and O–H groups in total. The van der Waals surface area contributed by atoms with Crippen LogP contribution in [-0.2, 0) is 6.18 Å². The summed E-state index contributed by atoms with van der Waals surface area (Å²) in [4.78, 5) is 8.81. The van der Waals surface area contributed by atoms with Gasteiger partial charge in [-0.2, -0.15) is 13.2 Å². The minimum absolute atomic E-state index is 0.109. The number of rotatable bonds is 1. The highest BCUT2D eigenvalue weighted by Gasteiger charge is 2.38. The van der Waals surface area contributed by atoms with Crippen molar-refractivity contribution < 1.29 is 13.2 Å². The van der Waals surface area contributed by atoms with Crippen molar-refractivity contribution >= 4 is 5.82 Å².